The molecule has 0 amide bonds. The number of hydrogen-bond acceptors (Lipinski definition) is 0. The molecule has 0 spiro atoms. The van der Waals surface area contributed by atoms with Crippen LogP contribution in [0.1, 0.15) is 0 Å². The third-order valence-electron chi connectivity index (χ3n) is 1.92. The quantitative estimate of drug-likeness (QED) is 0.686. The Balaban J connectivity index is 2.75. The van der Waals surface area contributed by atoms with Crippen LogP contribution in [0.4, 0.5) is 0 Å². The molecule has 58 valence electrons. The summed E-state index contributed by atoms with van der Waals surface area (Å²) in [5.74, 6) is 0. The summed E-state index contributed by atoms with van der Waals surface area (Å²) in [5.41, 5.74) is 0. The van der Waals surface area contributed by atoms with Crippen molar-refractivity contribution in [3.8, 4) is 0 Å². The maximum atomic E-state index is 4.04. The zero-order valence-corrected chi connectivity index (χ0v) is 10.2. The van der Waals surface area contributed by atoms with Gasteiger partial charge in [-0.25, -0.2) is 0 Å². The van der Waals surface area contributed by atoms with E-state index in [1.165, 1.54) is 14.0 Å². The molecule has 0 heterocycles. The van der Waals surface area contributed by atoms with Crippen LogP contribution in [0.25, 0.3) is 10.8 Å². The topological polar surface area (TPSA) is 0 Å². The van der Waals surface area contributed by atoms with Crippen LogP contribution in [0.5, 0.6) is 0 Å². The Morgan fingerprint density at radius 2 is 1.67 bits per heavy atom. The monoisotopic (exact) mass is 350 g/mol. The van der Waals surface area contributed by atoms with Gasteiger partial charge in [0.15, 0.2) is 0 Å². The fourth-order valence-electron chi connectivity index (χ4n) is 1.28. The third kappa shape index (κ3) is 1.47. The molecule has 0 radical (unpaired) electrons. The fraction of sp³-hybridized carbons (Fsp3) is 0. The number of fused-ring (bicyclic) bond motifs is 1. The Morgan fingerprint density at radius 1 is 0.917 bits per heavy atom. The molecule has 0 aliphatic rings. The van der Waals surface area contributed by atoms with Crippen LogP contribution in [0.3, 0.4) is 0 Å². The van der Waals surface area contributed by atoms with E-state index in [2.05, 4.69) is 46.7 Å². The van der Waals surface area contributed by atoms with Crippen LogP contribution in [0.15, 0.2) is 42.5 Å². The van der Waals surface area contributed by atoms with E-state index in [4.69, 9.17) is 0 Å². The van der Waals surface area contributed by atoms with Crippen molar-refractivity contribution in [2.24, 2.45) is 0 Å². The molecule has 12 heavy (non-hydrogen) atoms. The summed E-state index contributed by atoms with van der Waals surface area (Å²) in [6.45, 7) is 0. The van der Waals surface area contributed by atoms with Crippen molar-refractivity contribution < 1.29 is 0 Å². The van der Waals surface area contributed by atoms with E-state index in [1.807, 2.05) is 0 Å². The predicted molar refractivity (Wildman–Crippen MR) is 56.5 cm³/mol. The molecule has 0 nitrogen and oxygen atoms in total. The number of rotatable bonds is 1. The first-order valence-electron chi connectivity index (χ1n) is 3.86. The van der Waals surface area contributed by atoms with Crippen molar-refractivity contribution in [1.82, 2.24) is 0 Å². The SMILES string of the molecule is [CH2]=[Bi][c]1ccc2ccccc2c1. The molecular formula is C11H9Bi. The minimum atomic E-state index is -0.581. The standard InChI is InChI=1S/C10H7.CH2.Bi/c1-2-6-10-8-4-3-7-9(10)5-1;;/h1-3,5-8H;1H2;. The maximum absolute atomic E-state index is 4.04. The van der Waals surface area contributed by atoms with Gasteiger partial charge in [0, 0.05) is 0 Å². The second-order valence-electron chi connectivity index (χ2n) is 2.69. The van der Waals surface area contributed by atoms with E-state index in [9.17, 15) is 0 Å². The molecule has 1 heteroatoms. The van der Waals surface area contributed by atoms with E-state index < -0.39 is 22.8 Å². The van der Waals surface area contributed by atoms with E-state index in [1.54, 1.807) is 0 Å². The first-order valence-corrected chi connectivity index (χ1v) is 8.05. The van der Waals surface area contributed by atoms with Crippen molar-refractivity contribution in [3.05, 3.63) is 42.5 Å². The van der Waals surface area contributed by atoms with Crippen LogP contribution < -0.4 is 3.27 Å². The number of hydrogen-bond donors (Lipinski definition) is 0. The van der Waals surface area contributed by atoms with Crippen LogP contribution in [0, 0.1) is 0 Å². The first-order chi connectivity index (χ1) is 5.90. The Labute approximate surface area is 83.3 Å². The normalized spacial score (nSPS) is 10.0. The first kappa shape index (κ1) is 8.07. The van der Waals surface area contributed by atoms with Gasteiger partial charge >= 0.3 is 83.5 Å². The van der Waals surface area contributed by atoms with E-state index in [-0.39, 0.29) is 0 Å². The molecule has 0 saturated carbocycles. The van der Waals surface area contributed by atoms with Gasteiger partial charge in [0.25, 0.3) is 0 Å². The summed E-state index contributed by atoms with van der Waals surface area (Å²) in [5, 5.41) is 2.68. The van der Waals surface area contributed by atoms with Gasteiger partial charge in [0.2, 0.25) is 0 Å². The molecule has 0 atom stereocenters. The second-order valence-corrected chi connectivity index (χ2v) is 5.93. The van der Waals surface area contributed by atoms with E-state index in [0.29, 0.717) is 0 Å². The fourth-order valence-corrected chi connectivity index (χ4v) is 2.87. The summed E-state index contributed by atoms with van der Waals surface area (Å²) < 4.78 is 5.52. The van der Waals surface area contributed by atoms with Crippen molar-refractivity contribution in [1.29, 1.82) is 0 Å². The molecule has 2 aromatic carbocycles. The molecule has 0 aliphatic carbocycles. The molecule has 0 aliphatic heterocycles. The van der Waals surface area contributed by atoms with Gasteiger partial charge in [0.1, 0.15) is 0 Å². The van der Waals surface area contributed by atoms with Gasteiger partial charge in [-0.2, -0.15) is 0 Å². The van der Waals surface area contributed by atoms with Crippen molar-refractivity contribution in [2.75, 3.05) is 0 Å². The predicted octanol–water partition coefficient (Wildman–Crippen LogP) is 1.60. The average molecular weight is 350 g/mol. The Morgan fingerprint density at radius 3 is 2.42 bits per heavy atom. The molecule has 0 fully saturated rings. The summed E-state index contributed by atoms with van der Waals surface area (Å²) in [7, 11) is 0. The summed E-state index contributed by atoms with van der Waals surface area (Å²) in [6.07, 6.45) is 0. The van der Waals surface area contributed by atoms with Crippen molar-refractivity contribution in [3.63, 3.8) is 0 Å². The molecule has 0 N–H and O–H groups in total. The Hall–Kier alpha value is -0.547. The second kappa shape index (κ2) is 3.45. The van der Waals surface area contributed by atoms with Crippen LogP contribution in [-0.2, 0) is 0 Å². The van der Waals surface area contributed by atoms with Gasteiger partial charge in [0.05, 0.1) is 0 Å². The number of benzene rings is 2. The van der Waals surface area contributed by atoms with Gasteiger partial charge in [-0.05, 0) is 0 Å². The van der Waals surface area contributed by atoms with Crippen LogP contribution in [0.2, 0.25) is 0 Å². The van der Waals surface area contributed by atoms with Crippen molar-refractivity contribution in [2.45, 2.75) is 0 Å². The Bertz CT molecular complexity index is 418. The zero-order chi connectivity index (χ0) is 8.39. The minimum absolute atomic E-state index is 0.581. The molecule has 2 aromatic rings. The van der Waals surface area contributed by atoms with E-state index in [0.717, 1.165) is 0 Å². The third-order valence-corrected chi connectivity index (χ3v) is 4.42. The molecular weight excluding hydrogens is 341 g/mol. The van der Waals surface area contributed by atoms with Gasteiger partial charge in [-0.3, -0.25) is 0 Å². The Kier molecular flexibility index (Phi) is 2.32. The molecule has 0 saturated heterocycles. The van der Waals surface area contributed by atoms with Gasteiger partial charge < -0.3 is 0 Å². The summed E-state index contributed by atoms with van der Waals surface area (Å²) >= 11 is -0.581. The molecule has 0 bridgehead atoms. The average Bonchev–Trinajstić information content (AvgIpc) is 2.17. The molecule has 2 rings (SSSR count). The van der Waals surface area contributed by atoms with Crippen molar-refractivity contribution >= 4 is 41.0 Å². The summed E-state index contributed by atoms with van der Waals surface area (Å²) in [6, 6.07) is 15.2. The van der Waals surface area contributed by atoms with Gasteiger partial charge in [-0.1, -0.05) is 0 Å². The van der Waals surface area contributed by atoms with E-state index >= 15 is 0 Å². The van der Waals surface area contributed by atoms with Crippen LogP contribution in [-0.4, -0.2) is 27.0 Å². The summed E-state index contributed by atoms with van der Waals surface area (Å²) in [4.78, 5) is 0. The van der Waals surface area contributed by atoms with Gasteiger partial charge in [-0.15, -0.1) is 0 Å². The molecule has 0 unspecified atom stereocenters. The molecule has 0 aromatic heterocycles. The zero-order valence-electron chi connectivity index (χ0n) is 6.70. The van der Waals surface area contributed by atoms with Crippen LogP contribution >= 0.6 is 0 Å².